The van der Waals surface area contributed by atoms with Gasteiger partial charge in [-0.15, -0.1) is 0 Å². The fourth-order valence-corrected chi connectivity index (χ4v) is 5.80. The molecular formula is C30H33N3O3S. The summed E-state index contributed by atoms with van der Waals surface area (Å²) in [7, 11) is 0. The van der Waals surface area contributed by atoms with Crippen molar-refractivity contribution in [1.82, 2.24) is 9.88 Å². The van der Waals surface area contributed by atoms with E-state index in [0.717, 1.165) is 65.1 Å². The Morgan fingerprint density at radius 2 is 1.68 bits per heavy atom. The van der Waals surface area contributed by atoms with Gasteiger partial charge in [0.2, 0.25) is 5.91 Å². The van der Waals surface area contributed by atoms with Gasteiger partial charge in [0.05, 0.1) is 24.5 Å². The number of morpholine rings is 1. The molecule has 0 aliphatic carbocycles. The molecule has 192 valence electrons. The van der Waals surface area contributed by atoms with Gasteiger partial charge in [-0.2, -0.15) is 0 Å². The number of carbonyl (C=O) groups excluding carboxylic acids is 1. The Labute approximate surface area is 222 Å². The van der Waals surface area contributed by atoms with Gasteiger partial charge in [0.1, 0.15) is 11.3 Å². The molecule has 0 atom stereocenters. The molecule has 1 fully saturated rings. The van der Waals surface area contributed by atoms with Gasteiger partial charge < -0.3 is 9.47 Å². The highest BCUT2D eigenvalue weighted by Crippen LogP contribution is 2.36. The van der Waals surface area contributed by atoms with Crippen molar-refractivity contribution in [2.45, 2.75) is 19.3 Å². The maximum atomic E-state index is 14.1. The van der Waals surface area contributed by atoms with E-state index < -0.39 is 0 Å². The van der Waals surface area contributed by atoms with Crippen LogP contribution in [0.25, 0.3) is 10.2 Å². The van der Waals surface area contributed by atoms with Crippen molar-refractivity contribution in [1.29, 1.82) is 0 Å². The van der Waals surface area contributed by atoms with Crippen molar-refractivity contribution in [2.24, 2.45) is 0 Å². The smallest absolute Gasteiger partial charge is 0.229 e. The molecule has 1 amide bonds. The van der Waals surface area contributed by atoms with Gasteiger partial charge in [-0.1, -0.05) is 78.1 Å². The molecule has 37 heavy (non-hydrogen) atoms. The van der Waals surface area contributed by atoms with Gasteiger partial charge in [0, 0.05) is 38.5 Å². The minimum atomic E-state index is -0.0332. The molecule has 0 N–H and O–H groups in total. The molecule has 1 aromatic heterocycles. The number of hydrogen-bond acceptors (Lipinski definition) is 6. The molecular weight excluding hydrogens is 482 g/mol. The van der Waals surface area contributed by atoms with Crippen LogP contribution in [0.5, 0.6) is 5.75 Å². The summed E-state index contributed by atoms with van der Waals surface area (Å²) in [4.78, 5) is 23.2. The molecule has 7 heteroatoms. The fraction of sp³-hybridized carbons (Fsp3) is 0.333. The molecule has 1 saturated heterocycles. The number of hydrogen-bond donors (Lipinski definition) is 0. The Bertz CT molecular complexity index is 1250. The Kier molecular flexibility index (Phi) is 8.46. The highest BCUT2D eigenvalue weighted by Gasteiger charge is 2.26. The number of amides is 1. The Hall–Kier alpha value is -3.26. The normalized spacial score (nSPS) is 14.2. The largest absolute Gasteiger partial charge is 0.492 e. The van der Waals surface area contributed by atoms with Crippen LogP contribution in [-0.4, -0.2) is 61.8 Å². The summed E-state index contributed by atoms with van der Waals surface area (Å²) in [5, 5.41) is 0.722. The lowest BCUT2D eigenvalue weighted by Crippen LogP contribution is -2.43. The van der Waals surface area contributed by atoms with Crippen molar-refractivity contribution in [3.63, 3.8) is 0 Å². The van der Waals surface area contributed by atoms with Crippen LogP contribution < -0.4 is 9.64 Å². The topological polar surface area (TPSA) is 54.9 Å². The van der Waals surface area contributed by atoms with Crippen LogP contribution in [0, 0.1) is 0 Å². The number of rotatable bonds is 10. The lowest BCUT2D eigenvalue weighted by molar-refractivity contribution is -0.118. The number of ether oxygens (including phenoxy) is 2. The number of nitrogens with zero attached hydrogens (tertiary/aromatic N) is 3. The first-order valence-corrected chi connectivity index (χ1v) is 13.8. The van der Waals surface area contributed by atoms with Crippen LogP contribution in [0.15, 0.2) is 78.9 Å². The zero-order valence-corrected chi connectivity index (χ0v) is 22.0. The second-order valence-electron chi connectivity index (χ2n) is 9.11. The Morgan fingerprint density at radius 1 is 1.00 bits per heavy atom. The third-order valence-electron chi connectivity index (χ3n) is 6.73. The number of anilines is 1. The third kappa shape index (κ3) is 6.18. The molecule has 0 radical (unpaired) electrons. The van der Waals surface area contributed by atoms with E-state index in [1.807, 2.05) is 66.4 Å². The summed E-state index contributed by atoms with van der Waals surface area (Å²) in [6.07, 6.45) is 0.366. The van der Waals surface area contributed by atoms with Gasteiger partial charge in [-0.3, -0.25) is 14.6 Å². The first-order chi connectivity index (χ1) is 18.2. The van der Waals surface area contributed by atoms with Crippen molar-refractivity contribution in [3.8, 4) is 5.75 Å². The summed E-state index contributed by atoms with van der Waals surface area (Å²) >= 11 is 1.55. The highest BCUT2D eigenvalue weighted by atomic mass is 32.1. The van der Waals surface area contributed by atoms with Gasteiger partial charge >= 0.3 is 0 Å². The van der Waals surface area contributed by atoms with E-state index in [4.69, 9.17) is 14.5 Å². The van der Waals surface area contributed by atoms with Gasteiger partial charge in [-0.25, -0.2) is 4.98 Å². The average molecular weight is 516 g/mol. The van der Waals surface area contributed by atoms with Crippen LogP contribution in [0.4, 0.5) is 5.13 Å². The molecule has 3 aromatic carbocycles. The second-order valence-corrected chi connectivity index (χ2v) is 10.1. The second kappa shape index (κ2) is 12.3. The molecule has 0 spiro atoms. The minimum Gasteiger partial charge on any atom is -0.492 e. The predicted octanol–water partition coefficient (Wildman–Crippen LogP) is 5.58. The lowest BCUT2D eigenvalue weighted by Gasteiger charge is -2.30. The summed E-state index contributed by atoms with van der Waals surface area (Å²) < 4.78 is 12.4. The Morgan fingerprint density at radius 3 is 2.32 bits per heavy atom. The van der Waals surface area contributed by atoms with Crippen LogP contribution in [0.1, 0.15) is 30.4 Å². The maximum Gasteiger partial charge on any atom is 0.229 e. The molecule has 0 bridgehead atoms. The monoisotopic (exact) mass is 515 g/mol. The lowest BCUT2D eigenvalue weighted by atomic mass is 9.88. The molecule has 0 unspecified atom stereocenters. The summed E-state index contributed by atoms with van der Waals surface area (Å²) in [6, 6.07) is 26.6. The van der Waals surface area contributed by atoms with Gasteiger partial charge in [-0.05, 0) is 30.2 Å². The van der Waals surface area contributed by atoms with E-state index in [1.54, 1.807) is 11.3 Å². The highest BCUT2D eigenvalue weighted by molar-refractivity contribution is 7.22. The predicted molar refractivity (Wildman–Crippen MR) is 150 cm³/mol. The number of carbonyl (C=O) groups is 1. The quantitative estimate of drug-likeness (QED) is 0.276. The fourth-order valence-electron chi connectivity index (χ4n) is 4.78. The molecule has 2 heterocycles. The molecule has 1 aliphatic rings. The summed E-state index contributed by atoms with van der Waals surface area (Å²) in [6.45, 7) is 7.14. The van der Waals surface area contributed by atoms with E-state index in [0.29, 0.717) is 19.6 Å². The molecule has 1 aliphatic heterocycles. The average Bonchev–Trinajstić information content (AvgIpc) is 3.38. The van der Waals surface area contributed by atoms with Crippen molar-refractivity contribution in [2.75, 3.05) is 50.9 Å². The SMILES string of the molecule is CCOc1cccc2sc(N(CCN3CCOCC3)C(=O)CC(c3ccccc3)c3ccccc3)nc12. The Balaban J connectivity index is 1.46. The van der Waals surface area contributed by atoms with Crippen molar-refractivity contribution >= 4 is 32.6 Å². The van der Waals surface area contributed by atoms with Crippen LogP contribution in [0.3, 0.4) is 0 Å². The molecule has 5 rings (SSSR count). The zero-order chi connectivity index (χ0) is 25.5. The van der Waals surface area contributed by atoms with Crippen molar-refractivity contribution < 1.29 is 14.3 Å². The van der Waals surface area contributed by atoms with Crippen molar-refractivity contribution in [3.05, 3.63) is 90.0 Å². The first kappa shape index (κ1) is 25.4. The molecule has 6 nitrogen and oxygen atoms in total. The number of para-hydroxylation sites is 1. The van der Waals surface area contributed by atoms with E-state index in [-0.39, 0.29) is 11.8 Å². The zero-order valence-electron chi connectivity index (χ0n) is 21.2. The molecule has 0 saturated carbocycles. The van der Waals surface area contributed by atoms with Crippen LogP contribution in [-0.2, 0) is 9.53 Å². The first-order valence-electron chi connectivity index (χ1n) is 13.0. The number of thiazole rings is 1. The third-order valence-corrected chi connectivity index (χ3v) is 7.77. The van der Waals surface area contributed by atoms with Gasteiger partial charge in [0.25, 0.3) is 0 Å². The standard InChI is InChI=1S/C30H33N3O3S/c1-2-36-26-14-9-15-27-29(26)31-30(37-27)33(17-16-32-18-20-35-21-19-32)28(34)22-25(23-10-5-3-6-11-23)24-12-7-4-8-13-24/h3-15,25H,2,16-22H2,1H3. The van der Waals surface area contributed by atoms with Crippen LogP contribution >= 0.6 is 11.3 Å². The maximum absolute atomic E-state index is 14.1. The van der Waals surface area contributed by atoms with Crippen LogP contribution in [0.2, 0.25) is 0 Å². The number of fused-ring (bicyclic) bond motifs is 1. The van der Waals surface area contributed by atoms with E-state index in [9.17, 15) is 4.79 Å². The van der Waals surface area contributed by atoms with E-state index in [2.05, 4.69) is 29.2 Å². The number of benzene rings is 3. The molecule has 4 aromatic rings. The van der Waals surface area contributed by atoms with E-state index in [1.165, 1.54) is 0 Å². The number of aromatic nitrogens is 1. The summed E-state index contributed by atoms with van der Waals surface area (Å²) in [5.74, 6) is 0.798. The summed E-state index contributed by atoms with van der Waals surface area (Å²) in [5.41, 5.74) is 3.09. The minimum absolute atomic E-state index is 0.0332. The van der Waals surface area contributed by atoms with Gasteiger partial charge in [0.15, 0.2) is 5.13 Å². The van der Waals surface area contributed by atoms with E-state index >= 15 is 0 Å².